The first-order chi connectivity index (χ1) is 10.1. The molecule has 0 aliphatic rings. The number of nitrogens with zero attached hydrogens (tertiary/aromatic N) is 2. The van der Waals surface area contributed by atoms with Gasteiger partial charge in [-0.1, -0.05) is 42.4 Å². The predicted octanol–water partition coefficient (Wildman–Crippen LogP) is 4.30. The van der Waals surface area contributed by atoms with Gasteiger partial charge in [-0.05, 0) is 56.4 Å². The molecule has 1 N–H and O–H groups in total. The van der Waals surface area contributed by atoms with Gasteiger partial charge in [0.05, 0.1) is 0 Å². The highest BCUT2D eigenvalue weighted by Crippen LogP contribution is 2.28. The number of benzene rings is 1. The summed E-state index contributed by atoms with van der Waals surface area (Å²) < 4.78 is 5.31. The summed E-state index contributed by atoms with van der Waals surface area (Å²) >= 11 is 3.28. The Bertz CT molecular complexity index is 581. The molecule has 5 heteroatoms. The molecule has 0 saturated carbocycles. The van der Waals surface area contributed by atoms with Crippen molar-refractivity contribution in [1.82, 2.24) is 14.7 Å². The first kappa shape index (κ1) is 16.5. The van der Waals surface area contributed by atoms with Crippen LogP contribution in [0.3, 0.4) is 0 Å². The average Bonchev–Trinajstić information content (AvgIpc) is 2.88. The van der Waals surface area contributed by atoms with E-state index in [-0.39, 0.29) is 0 Å². The molecule has 2 rings (SSSR count). The minimum Gasteiger partial charge on any atom is -0.309 e. The molecule has 0 radical (unpaired) electrons. The zero-order chi connectivity index (χ0) is 15.2. The summed E-state index contributed by atoms with van der Waals surface area (Å²) in [6.07, 6.45) is 1.14. The number of aryl methyl sites for hydroxylation is 3. The Kier molecular flexibility index (Phi) is 6.21. The number of hydrogen-bond donors (Lipinski definition) is 1. The molecule has 0 bridgehead atoms. The van der Waals surface area contributed by atoms with Crippen LogP contribution in [0.2, 0.25) is 0 Å². The van der Waals surface area contributed by atoms with Gasteiger partial charge in [-0.3, -0.25) is 0 Å². The van der Waals surface area contributed by atoms with Crippen LogP contribution in [0.1, 0.15) is 41.9 Å². The Balaban J connectivity index is 2.11. The highest BCUT2D eigenvalue weighted by atomic mass is 32.2. The zero-order valence-corrected chi connectivity index (χ0v) is 14.8. The lowest BCUT2D eigenvalue weighted by Gasteiger charge is -2.20. The van der Waals surface area contributed by atoms with Crippen molar-refractivity contribution < 1.29 is 0 Å². The standard InChI is InChI=1S/C16H23N3S2/c1-5-8-17-15(10-20-16-18-13(4)19-21-16)14-9-11(2)6-7-12(14)3/h6-7,9,15,17H,5,8,10H2,1-4H3. The molecule has 0 spiro atoms. The maximum Gasteiger partial charge on any atom is 0.170 e. The Morgan fingerprint density at radius 3 is 2.76 bits per heavy atom. The number of rotatable bonds is 7. The van der Waals surface area contributed by atoms with E-state index >= 15 is 0 Å². The maximum absolute atomic E-state index is 4.44. The third kappa shape index (κ3) is 4.80. The molecule has 1 atom stereocenters. The van der Waals surface area contributed by atoms with E-state index in [2.05, 4.69) is 53.6 Å². The molecule has 1 aromatic heterocycles. The second-order valence-electron chi connectivity index (χ2n) is 5.29. The normalized spacial score (nSPS) is 12.6. The molecule has 2 aromatic rings. The SMILES string of the molecule is CCCNC(CSc1nc(C)ns1)c1cc(C)ccc1C. The molecule has 0 aliphatic carbocycles. The molecule has 0 amide bonds. The van der Waals surface area contributed by atoms with Crippen molar-refractivity contribution in [1.29, 1.82) is 0 Å². The molecule has 1 heterocycles. The Hall–Kier alpha value is -0.910. The molecule has 114 valence electrons. The maximum atomic E-state index is 4.44. The van der Waals surface area contributed by atoms with Gasteiger partial charge in [0, 0.05) is 11.8 Å². The lowest BCUT2D eigenvalue weighted by atomic mass is 10.00. The number of aromatic nitrogens is 2. The van der Waals surface area contributed by atoms with E-state index < -0.39 is 0 Å². The summed E-state index contributed by atoms with van der Waals surface area (Å²) in [7, 11) is 0. The molecule has 1 aromatic carbocycles. The van der Waals surface area contributed by atoms with Crippen LogP contribution in [-0.2, 0) is 0 Å². The Morgan fingerprint density at radius 2 is 2.10 bits per heavy atom. The zero-order valence-electron chi connectivity index (χ0n) is 13.1. The third-order valence-electron chi connectivity index (χ3n) is 3.33. The number of nitrogens with one attached hydrogen (secondary N) is 1. The van der Waals surface area contributed by atoms with Crippen LogP contribution >= 0.6 is 23.3 Å². The largest absolute Gasteiger partial charge is 0.309 e. The van der Waals surface area contributed by atoms with Crippen LogP contribution in [0, 0.1) is 20.8 Å². The lowest BCUT2D eigenvalue weighted by molar-refractivity contribution is 0.575. The summed E-state index contributed by atoms with van der Waals surface area (Å²) in [5, 5.41) is 3.67. The van der Waals surface area contributed by atoms with Crippen molar-refractivity contribution in [3.8, 4) is 0 Å². The van der Waals surface area contributed by atoms with Crippen LogP contribution in [0.5, 0.6) is 0 Å². The highest BCUT2D eigenvalue weighted by molar-refractivity contribution is 8.00. The van der Waals surface area contributed by atoms with Gasteiger partial charge >= 0.3 is 0 Å². The summed E-state index contributed by atoms with van der Waals surface area (Å²) in [5.74, 6) is 1.85. The van der Waals surface area contributed by atoms with Gasteiger partial charge < -0.3 is 5.32 Å². The van der Waals surface area contributed by atoms with Crippen LogP contribution in [0.15, 0.2) is 22.5 Å². The fraction of sp³-hybridized carbons (Fsp3) is 0.500. The highest BCUT2D eigenvalue weighted by Gasteiger charge is 2.15. The summed E-state index contributed by atoms with van der Waals surface area (Å²) in [4.78, 5) is 4.44. The van der Waals surface area contributed by atoms with Crippen molar-refractivity contribution in [3.63, 3.8) is 0 Å². The van der Waals surface area contributed by atoms with Gasteiger partial charge in [-0.2, -0.15) is 4.37 Å². The van der Waals surface area contributed by atoms with E-state index in [0.717, 1.165) is 28.9 Å². The Labute approximate surface area is 135 Å². The monoisotopic (exact) mass is 321 g/mol. The van der Waals surface area contributed by atoms with Crippen molar-refractivity contribution in [3.05, 3.63) is 40.7 Å². The van der Waals surface area contributed by atoms with Gasteiger partial charge in [0.15, 0.2) is 4.34 Å². The van der Waals surface area contributed by atoms with Gasteiger partial charge in [0.1, 0.15) is 5.82 Å². The van der Waals surface area contributed by atoms with Crippen molar-refractivity contribution in [2.24, 2.45) is 0 Å². The molecule has 0 saturated heterocycles. The molecular formula is C16H23N3S2. The van der Waals surface area contributed by atoms with Crippen LogP contribution in [-0.4, -0.2) is 21.7 Å². The van der Waals surface area contributed by atoms with Crippen molar-refractivity contribution >= 4 is 23.3 Å². The summed E-state index contributed by atoms with van der Waals surface area (Å²) in [6.45, 7) is 9.52. The van der Waals surface area contributed by atoms with Crippen molar-refractivity contribution in [2.45, 2.75) is 44.5 Å². The lowest BCUT2D eigenvalue weighted by Crippen LogP contribution is -2.25. The molecule has 21 heavy (non-hydrogen) atoms. The molecule has 0 fully saturated rings. The molecule has 3 nitrogen and oxygen atoms in total. The predicted molar refractivity (Wildman–Crippen MR) is 92.3 cm³/mol. The minimum atomic E-state index is 0.360. The molecule has 0 aliphatic heterocycles. The van der Waals surface area contributed by atoms with Gasteiger partial charge in [0.25, 0.3) is 0 Å². The van der Waals surface area contributed by atoms with E-state index in [1.54, 1.807) is 11.8 Å². The van der Waals surface area contributed by atoms with E-state index in [0.29, 0.717) is 6.04 Å². The summed E-state index contributed by atoms with van der Waals surface area (Å²) in [5.41, 5.74) is 4.07. The van der Waals surface area contributed by atoms with Gasteiger partial charge in [-0.25, -0.2) is 4.98 Å². The minimum absolute atomic E-state index is 0.360. The van der Waals surface area contributed by atoms with E-state index in [1.165, 1.54) is 28.2 Å². The van der Waals surface area contributed by atoms with Crippen LogP contribution in [0.25, 0.3) is 0 Å². The van der Waals surface area contributed by atoms with Crippen LogP contribution in [0.4, 0.5) is 0 Å². The smallest absolute Gasteiger partial charge is 0.170 e. The Morgan fingerprint density at radius 1 is 1.29 bits per heavy atom. The van der Waals surface area contributed by atoms with Crippen LogP contribution < -0.4 is 5.32 Å². The first-order valence-electron chi connectivity index (χ1n) is 7.33. The van der Waals surface area contributed by atoms with Crippen molar-refractivity contribution in [2.75, 3.05) is 12.3 Å². The molecule has 1 unspecified atom stereocenters. The average molecular weight is 322 g/mol. The first-order valence-corrected chi connectivity index (χ1v) is 9.09. The number of thioether (sulfide) groups is 1. The van der Waals surface area contributed by atoms with E-state index in [9.17, 15) is 0 Å². The second-order valence-corrected chi connectivity index (χ2v) is 7.30. The quantitative estimate of drug-likeness (QED) is 0.772. The fourth-order valence-corrected chi connectivity index (χ4v) is 3.96. The third-order valence-corrected chi connectivity index (χ3v) is 5.35. The second kappa shape index (κ2) is 7.92. The van der Waals surface area contributed by atoms with Gasteiger partial charge in [-0.15, -0.1) is 0 Å². The molecular weight excluding hydrogens is 298 g/mol. The summed E-state index contributed by atoms with van der Waals surface area (Å²) in [6, 6.07) is 7.05. The number of hydrogen-bond acceptors (Lipinski definition) is 5. The topological polar surface area (TPSA) is 37.8 Å². The fourth-order valence-electron chi connectivity index (χ4n) is 2.20. The van der Waals surface area contributed by atoms with Gasteiger partial charge in [0.2, 0.25) is 0 Å². The van der Waals surface area contributed by atoms with E-state index in [4.69, 9.17) is 0 Å². The van der Waals surface area contributed by atoms with E-state index in [1.807, 2.05) is 6.92 Å².